The van der Waals surface area contributed by atoms with Gasteiger partial charge in [-0.1, -0.05) is 6.07 Å². The first kappa shape index (κ1) is 19.6. The van der Waals surface area contributed by atoms with Gasteiger partial charge in [0.2, 0.25) is 11.8 Å². The number of halogens is 6. The van der Waals surface area contributed by atoms with E-state index in [1.807, 2.05) is 4.98 Å². The maximum Gasteiger partial charge on any atom is 0.449 e. The van der Waals surface area contributed by atoms with Crippen LogP contribution in [0.25, 0.3) is 22.4 Å². The van der Waals surface area contributed by atoms with Gasteiger partial charge in [-0.05, 0) is 30.3 Å². The molecule has 3 aromatic heterocycles. The van der Waals surface area contributed by atoms with Gasteiger partial charge in [0.15, 0.2) is 0 Å². The third kappa shape index (κ3) is 3.88. The molecule has 0 saturated heterocycles. The fourth-order valence-corrected chi connectivity index (χ4v) is 2.74. The van der Waals surface area contributed by atoms with E-state index in [0.29, 0.717) is 17.5 Å². The molecule has 0 saturated carbocycles. The van der Waals surface area contributed by atoms with Gasteiger partial charge in [-0.3, -0.25) is 4.98 Å². The Hall–Kier alpha value is -3.70. The van der Waals surface area contributed by atoms with Crippen LogP contribution in [0.15, 0.2) is 48.8 Å². The van der Waals surface area contributed by atoms with Gasteiger partial charge in [-0.15, -0.1) is 0 Å². The molecule has 0 aliphatic heterocycles. The number of hydrogen-bond donors (Lipinski definition) is 2. The summed E-state index contributed by atoms with van der Waals surface area (Å²) in [4.78, 5) is 17.2. The minimum atomic E-state index is -4.93. The van der Waals surface area contributed by atoms with E-state index in [-0.39, 0.29) is 11.6 Å². The number of hydrogen-bond acceptors (Lipinski definition) is 5. The zero-order chi connectivity index (χ0) is 21.5. The Morgan fingerprint density at radius 2 is 1.60 bits per heavy atom. The molecule has 30 heavy (non-hydrogen) atoms. The Morgan fingerprint density at radius 3 is 2.27 bits per heavy atom. The SMILES string of the molecule is FC(F)(F)c1nc2c(C(F)(F)F)cc(Nc3nccc(-c4ccccn4)n3)cc2[nH]1. The van der Waals surface area contributed by atoms with Crippen molar-refractivity contribution in [2.24, 2.45) is 0 Å². The van der Waals surface area contributed by atoms with Gasteiger partial charge in [-0.25, -0.2) is 15.0 Å². The fraction of sp³-hybridized carbons (Fsp3) is 0.111. The number of anilines is 2. The lowest BCUT2D eigenvalue weighted by atomic mass is 10.1. The third-order valence-corrected chi connectivity index (χ3v) is 4.00. The van der Waals surface area contributed by atoms with E-state index < -0.39 is 34.8 Å². The number of nitrogens with zero attached hydrogens (tertiary/aromatic N) is 4. The first-order valence-corrected chi connectivity index (χ1v) is 8.31. The molecule has 2 N–H and O–H groups in total. The lowest BCUT2D eigenvalue weighted by molar-refractivity contribution is -0.144. The van der Waals surface area contributed by atoms with Crippen LogP contribution >= 0.6 is 0 Å². The zero-order valence-electron chi connectivity index (χ0n) is 14.7. The van der Waals surface area contributed by atoms with Crippen molar-refractivity contribution in [2.75, 3.05) is 5.32 Å². The maximum absolute atomic E-state index is 13.4. The number of imidazole rings is 1. The second kappa shape index (κ2) is 6.97. The Morgan fingerprint density at radius 1 is 0.800 bits per heavy atom. The molecular weight excluding hydrogens is 414 g/mol. The molecule has 4 rings (SSSR count). The Kier molecular flexibility index (Phi) is 4.56. The van der Waals surface area contributed by atoms with Crippen molar-refractivity contribution >= 4 is 22.7 Å². The predicted molar refractivity (Wildman–Crippen MR) is 94.6 cm³/mol. The molecule has 4 aromatic rings. The Bertz CT molecular complexity index is 1200. The van der Waals surface area contributed by atoms with E-state index in [2.05, 4.69) is 25.3 Å². The van der Waals surface area contributed by atoms with E-state index in [4.69, 9.17) is 0 Å². The van der Waals surface area contributed by atoms with Crippen LogP contribution in [-0.2, 0) is 12.4 Å². The smallest absolute Gasteiger partial charge is 0.334 e. The summed E-state index contributed by atoms with van der Waals surface area (Å²) < 4.78 is 78.9. The number of alkyl halides is 6. The summed E-state index contributed by atoms with van der Waals surface area (Å²) in [6, 6.07) is 8.41. The zero-order valence-corrected chi connectivity index (χ0v) is 14.7. The molecule has 0 atom stereocenters. The van der Waals surface area contributed by atoms with Crippen LogP contribution in [0.5, 0.6) is 0 Å². The highest BCUT2D eigenvalue weighted by Crippen LogP contribution is 2.38. The molecule has 0 spiro atoms. The van der Waals surface area contributed by atoms with Crippen molar-refractivity contribution in [1.82, 2.24) is 24.9 Å². The minimum absolute atomic E-state index is 0.0545. The van der Waals surface area contributed by atoms with Crippen LogP contribution < -0.4 is 5.32 Å². The third-order valence-electron chi connectivity index (χ3n) is 4.00. The molecule has 0 bridgehead atoms. The first-order chi connectivity index (χ1) is 14.1. The van der Waals surface area contributed by atoms with Gasteiger partial charge in [-0.2, -0.15) is 26.3 Å². The van der Waals surface area contributed by atoms with E-state index in [9.17, 15) is 26.3 Å². The molecule has 6 nitrogen and oxygen atoms in total. The van der Waals surface area contributed by atoms with Crippen LogP contribution in [0, 0.1) is 0 Å². The number of aromatic amines is 1. The number of aromatic nitrogens is 5. The van der Waals surface area contributed by atoms with Crippen LogP contribution in [0.1, 0.15) is 11.4 Å². The average Bonchev–Trinajstić information content (AvgIpc) is 3.12. The maximum atomic E-state index is 13.4. The standard InChI is InChI=1S/C18H10F6N6/c19-17(20,21)10-7-9(8-13-14(10)30-15(28-13)18(22,23)24)27-16-26-6-4-12(29-16)11-3-1-2-5-25-11/h1-8H,(H,28,30)(H,26,27,29). The molecule has 0 fully saturated rings. The molecule has 0 unspecified atom stereocenters. The average molecular weight is 424 g/mol. The Labute approximate surface area is 164 Å². The number of fused-ring (bicyclic) bond motifs is 1. The largest absolute Gasteiger partial charge is 0.449 e. The summed E-state index contributed by atoms with van der Waals surface area (Å²) in [6.45, 7) is 0. The number of benzene rings is 1. The molecule has 0 aliphatic rings. The number of rotatable bonds is 3. The molecule has 0 radical (unpaired) electrons. The van der Waals surface area contributed by atoms with Crippen LogP contribution in [0.2, 0.25) is 0 Å². The summed E-state index contributed by atoms with van der Waals surface area (Å²) >= 11 is 0. The van der Waals surface area contributed by atoms with Gasteiger partial charge < -0.3 is 10.3 Å². The quantitative estimate of drug-likeness (QED) is 0.442. The molecule has 0 amide bonds. The molecule has 0 aliphatic carbocycles. The summed E-state index contributed by atoms with van der Waals surface area (Å²) in [7, 11) is 0. The predicted octanol–water partition coefficient (Wildman–Crippen LogP) is 5.20. The lowest BCUT2D eigenvalue weighted by Gasteiger charge is -2.11. The molecule has 154 valence electrons. The lowest BCUT2D eigenvalue weighted by Crippen LogP contribution is -2.08. The molecule has 1 aromatic carbocycles. The van der Waals surface area contributed by atoms with Gasteiger partial charge in [0.25, 0.3) is 0 Å². The second-order valence-electron chi connectivity index (χ2n) is 6.11. The Balaban J connectivity index is 1.76. The summed E-state index contributed by atoms with van der Waals surface area (Å²) in [5.41, 5.74) is -1.83. The van der Waals surface area contributed by atoms with Crippen molar-refractivity contribution in [1.29, 1.82) is 0 Å². The second-order valence-corrected chi connectivity index (χ2v) is 6.11. The first-order valence-electron chi connectivity index (χ1n) is 8.31. The number of H-pyrrole nitrogens is 1. The monoisotopic (exact) mass is 424 g/mol. The highest BCUT2D eigenvalue weighted by Gasteiger charge is 2.39. The number of nitrogens with one attached hydrogen (secondary N) is 2. The van der Waals surface area contributed by atoms with Gasteiger partial charge in [0.1, 0.15) is 5.52 Å². The van der Waals surface area contributed by atoms with Crippen LogP contribution in [-0.4, -0.2) is 24.9 Å². The van der Waals surface area contributed by atoms with Crippen LogP contribution in [0.3, 0.4) is 0 Å². The minimum Gasteiger partial charge on any atom is -0.334 e. The van der Waals surface area contributed by atoms with E-state index in [0.717, 1.165) is 6.07 Å². The number of pyridine rings is 1. The highest BCUT2D eigenvalue weighted by molar-refractivity contribution is 5.84. The molecule has 3 heterocycles. The normalized spacial score (nSPS) is 12.3. The van der Waals surface area contributed by atoms with Gasteiger partial charge >= 0.3 is 12.4 Å². The van der Waals surface area contributed by atoms with Gasteiger partial charge in [0, 0.05) is 18.1 Å². The molecular formula is C18H10F6N6. The van der Waals surface area contributed by atoms with E-state index in [1.54, 1.807) is 30.5 Å². The van der Waals surface area contributed by atoms with E-state index >= 15 is 0 Å². The van der Waals surface area contributed by atoms with Crippen molar-refractivity contribution in [3.05, 3.63) is 60.2 Å². The van der Waals surface area contributed by atoms with Gasteiger partial charge in [0.05, 0.1) is 22.5 Å². The van der Waals surface area contributed by atoms with Crippen molar-refractivity contribution in [3.8, 4) is 11.4 Å². The molecule has 12 heteroatoms. The van der Waals surface area contributed by atoms with Crippen molar-refractivity contribution < 1.29 is 26.3 Å². The fourth-order valence-electron chi connectivity index (χ4n) is 2.74. The summed E-state index contributed by atoms with van der Waals surface area (Å²) in [5.74, 6) is -1.57. The summed E-state index contributed by atoms with van der Waals surface area (Å²) in [6.07, 6.45) is -6.93. The van der Waals surface area contributed by atoms with Crippen LogP contribution in [0.4, 0.5) is 38.0 Å². The van der Waals surface area contributed by atoms with Crippen molar-refractivity contribution in [2.45, 2.75) is 12.4 Å². The van der Waals surface area contributed by atoms with Crippen molar-refractivity contribution in [3.63, 3.8) is 0 Å². The van der Waals surface area contributed by atoms with E-state index in [1.165, 1.54) is 6.20 Å². The summed E-state index contributed by atoms with van der Waals surface area (Å²) in [5, 5.41) is 2.59. The highest BCUT2D eigenvalue weighted by atomic mass is 19.4. The topological polar surface area (TPSA) is 79.4 Å².